The Bertz CT molecular complexity index is 1770. The minimum Gasteiger partial charge on any atom is -0.496 e. The molecule has 2 fully saturated rings. The number of halogens is 1. The van der Waals surface area contributed by atoms with Crippen LogP contribution in [0.4, 0.5) is 5.69 Å². The minimum absolute atomic E-state index is 0.104. The number of aliphatic hydroxyl groups is 1. The number of amides is 2. The molecule has 0 spiro atoms. The number of nitrogens with one attached hydrogen (secondary N) is 3. The van der Waals surface area contributed by atoms with Gasteiger partial charge in [-0.1, -0.05) is 41.9 Å². The van der Waals surface area contributed by atoms with Crippen molar-refractivity contribution in [2.75, 3.05) is 32.1 Å². The molecule has 2 unspecified atom stereocenters. The first kappa shape index (κ1) is 32.6. The average molecular weight is 655 g/mol. The van der Waals surface area contributed by atoms with Crippen LogP contribution in [0.25, 0.3) is 22.4 Å². The van der Waals surface area contributed by atoms with Crippen LogP contribution in [0.3, 0.4) is 0 Å². The van der Waals surface area contributed by atoms with E-state index in [1.807, 2.05) is 55.5 Å². The zero-order valence-electron chi connectivity index (χ0n) is 26.6. The Labute approximate surface area is 279 Å². The van der Waals surface area contributed by atoms with Crippen molar-refractivity contribution in [3.63, 3.8) is 0 Å². The van der Waals surface area contributed by atoms with Crippen molar-refractivity contribution in [2.45, 2.75) is 51.4 Å². The predicted molar refractivity (Wildman–Crippen MR) is 182 cm³/mol. The Hall–Kier alpha value is -4.35. The number of nitrogens with zero attached hydrogens (tertiary/aromatic N) is 3. The Morgan fingerprint density at radius 3 is 2.72 bits per heavy atom. The molecule has 244 valence electrons. The second kappa shape index (κ2) is 14.6. The molecule has 4 aromatic rings. The fourth-order valence-electron chi connectivity index (χ4n) is 6.22. The Morgan fingerprint density at radius 2 is 2.00 bits per heavy atom. The normalized spacial score (nSPS) is 17.9. The van der Waals surface area contributed by atoms with Crippen LogP contribution < -0.4 is 20.7 Å². The summed E-state index contributed by atoms with van der Waals surface area (Å²) in [5, 5.41) is 19.7. The fourth-order valence-corrected chi connectivity index (χ4v) is 6.54. The van der Waals surface area contributed by atoms with Gasteiger partial charge in [0.05, 0.1) is 23.9 Å². The van der Waals surface area contributed by atoms with E-state index >= 15 is 0 Å². The van der Waals surface area contributed by atoms with Gasteiger partial charge in [0.25, 0.3) is 5.91 Å². The fraction of sp³-hybridized carbons (Fsp3) is 0.333. The molecule has 10 nitrogen and oxygen atoms in total. The van der Waals surface area contributed by atoms with E-state index in [2.05, 4.69) is 30.8 Å². The van der Waals surface area contributed by atoms with Gasteiger partial charge in [-0.05, 0) is 60.7 Å². The van der Waals surface area contributed by atoms with Crippen molar-refractivity contribution in [1.29, 1.82) is 0 Å². The predicted octanol–water partition coefficient (Wildman–Crippen LogP) is 4.97. The zero-order chi connectivity index (χ0) is 32.9. The summed E-state index contributed by atoms with van der Waals surface area (Å²) in [5.74, 6) is 0.516. The van der Waals surface area contributed by atoms with Crippen LogP contribution in [-0.4, -0.2) is 70.7 Å². The van der Waals surface area contributed by atoms with E-state index in [-0.39, 0.29) is 24.0 Å². The van der Waals surface area contributed by atoms with Crippen molar-refractivity contribution < 1.29 is 19.4 Å². The number of rotatable bonds is 11. The van der Waals surface area contributed by atoms with E-state index in [0.717, 1.165) is 52.8 Å². The summed E-state index contributed by atoms with van der Waals surface area (Å²) >= 11 is 7.03. The lowest BCUT2D eigenvalue weighted by atomic mass is 9.97. The number of pyridine rings is 2. The van der Waals surface area contributed by atoms with Gasteiger partial charge in [0.15, 0.2) is 0 Å². The van der Waals surface area contributed by atoms with Crippen molar-refractivity contribution in [2.24, 2.45) is 0 Å². The number of β-amino-alcohol motifs (C(OH)–C–C–N with tert-alkyl or cyclic N) is 1. The van der Waals surface area contributed by atoms with Crippen molar-refractivity contribution in [3.8, 4) is 28.1 Å². The summed E-state index contributed by atoms with van der Waals surface area (Å²) < 4.78 is 5.71. The van der Waals surface area contributed by atoms with Gasteiger partial charge in [-0.2, -0.15) is 0 Å². The number of methoxy groups -OCH3 is 1. The van der Waals surface area contributed by atoms with Crippen LogP contribution in [0.1, 0.15) is 46.4 Å². The second-order valence-corrected chi connectivity index (χ2v) is 12.5. The molecular weight excluding hydrogens is 616 g/mol. The molecule has 47 heavy (non-hydrogen) atoms. The summed E-state index contributed by atoms with van der Waals surface area (Å²) in [4.78, 5) is 35.8. The number of anilines is 1. The number of aromatic nitrogens is 2. The maximum Gasteiger partial charge on any atom is 0.274 e. The SMILES string of the molecule is COc1cc(-c2nccc(-c3cccc(NC(=O)c4ccc(CN5CCC(O)C5)cn4)c3C)c2Cl)ccc1CNCC1CCC(=O)N1. The smallest absolute Gasteiger partial charge is 0.274 e. The largest absolute Gasteiger partial charge is 0.496 e. The molecular formula is C36H39ClN6O4. The minimum atomic E-state index is -0.301. The van der Waals surface area contributed by atoms with Gasteiger partial charge < -0.3 is 25.8 Å². The van der Waals surface area contributed by atoms with Crippen molar-refractivity contribution in [3.05, 3.63) is 94.4 Å². The first-order valence-corrected chi connectivity index (χ1v) is 16.3. The highest BCUT2D eigenvalue weighted by Crippen LogP contribution is 2.39. The molecule has 2 amide bonds. The lowest BCUT2D eigenvalue weighted by Crippen LogP contribution is -2.35. The molecule has 2 aliphatic rings. The summed E-state index contributed by atoms with van der Waals surface area (Å²) in [6, 6.07) is 17.3. The van der Waals surface area contributed by atoms with E-state index in [1.54, 1.807) is 25.6 Å². The number of benzene rings is 2. The highest BCUT2D eigenvalue weighted by atomic mass is 35.5. The first-order valence-electron chi connectivity index (χ1n) is 15.9. The molecule has 2 aromatic heterocycles. The highest BCUT2D eigenvalue weighted by Gasteiger charge is 2.22. The molecule has 2 aliphatic heterocycles. The molecule has 2 saturated heterocycles. The van der Waals surface area contributed by atoms with E-state index in [4.69, 9.17) is 16.3 Å². The molecule has 0 bridgehead atoms. The zero-order valence-corrected chi connectivity index (χ0v) is 27.3. The molecule has 6 rings (SSSR count). The van der Waals surface area contributed by atoms with Gasteiger partial charge >= 0.3 is 0 Å². The quantitative estimate of drug-likeness (QED) is 0.179. The molecule has 4 heterocycles. The average Bonchev–Trinajstić information content (AvgIpc) is 3.69. The van der Waals surface area contributed by atoms with Gasteiger partial charge in [-0.15, -0.1) is 0 Å². The van der Waals surface area contributed by atoms with Crippen LogP contribution in [-0.2, 0) is 17.9 Å². The summed E-state index contributed by atoms with van der Waals surface area (Å²) in [6.07, 6.45) is 5.37. The molecule has 11 heteroatoms. The number of ether oxygens (including phenoxy) is 1. The standard InChI is InChI=1S/C36H39ClN6O4/c1-22-28(4-3-5-30(22)42-36(46)31-10-6-23(17-40-31)20-43-15-13-27(44)21-43)29-12-14-39-35(34(29)37)24-7-8-25(32(16-24)47-2)18-38-19-26-9-11-33(45)41-26/h3-8,10,12,14,16-17,26-27,38,44H,9,11,13,15,18-21H2,1-2H3,(H,41,45)(H,42,46). The van der Waals surface area contributed by atoms with Gasteiger partial charge in [0.2, 0.25) is 5.91 Å². The molecule has 0 radical (unpaired) electrons. The van der Waals surface area contributed by atoms with E-state index < -0.39 is 0 Å². The van der Waals surface area contributed by atoms with E-state index in [1.165, 1.54) is 0 Å². The van der Waals surface area contributed by atoms with Crippen molar-refractivity contribution in [1.82, 2.24) is 25.5 Å². The Kier molecular flexibility index (Phi) is 10.1. The van der Waals surface area contributed by atoms with E-state index in [9.17, 15) is 14.7 Å². The molecule has 0 saturated carbocycles. The number of likely N-dealkylation sites (tertiary alicyclic amines) is 1. The summed E-state index contributed by atoms with van der Waals surface area (Å²) in [7, 11) is 1.64. The third-order valence-corrected chi connectivity index (χ3v) is 9.21. The highest BCUT2D eigenvalue weighted by molar-refractivity contribution is 6.35. The maximum atomic E-state index is 13.2. The Balaban J connectivity index is 1.16. The monoisotopic (exact) mass is 654 g/mol. The first-order chi connectivity index (χ1) is 22.8. The van der Waals surface area contributed by atoms with Crippen LogP contribution >= 0.6 is 11.6 Å². The lowest BCUT2D eigenvalue weighted by molar-refractivity contribution is -0.119. The van der Waals surface area contributed by atoms with Crippen LogP contribution in [0, 0.1) is 6.92 Å². The van der Waals surface area contributed by atoms with Crippen molar-refractivity contribution >= 4 is 29.1 Å². The molecule has 2 atom stereocenters. The lowest BCUT2D eigenvalue weighted by Gasteiger charge is -2.17. The van der Waals surface area contributed by atoms with Crippen LogP contribution in [0.5, 0.6) is 5.75 Å². The molecule has 2 aromatic carbocycles. The van der Waals surface area contributed by atoms with Crippen LogP contribution in [0.15, 0.2) is 67.0 Å². The Morgan fingerprint density at radius 1 is 1.13 bits per heavy atom. The second-order valence-electron chi connectivity index (χ2n) is 12.1. The van der Waals surface area contributed by atoms with Gasteiger partial charge in [-0.25, -0.2) is 0 Å². The van der Waals surface area contributed by atoms with Gasteiger partial charge in [0, 0.05) is 80.0 Å². The third-order valence-electron chi connectivity index (χ3n) is 8.82. The number of hydrogen-bond donors (Lipinski definition) is 4. The number of carbonyl (C=O) groups excluding carboxylic acids is 2. The molecule has 4 N–H and O–H groups in total. The number of aliphatic hydroxyl groups excluding tert-OH is 1. The summed E-state index contributed by atoms with van der Waals surface area (Å²) in [5.41, 5.74) is 6.94. The van der Waals surface area contributed by atoms with Gasteiger partial charge in [-0.3, -0.25) is 24.5 Å². The summed E-state index contributed by atoms with van der Waals surface area (Å²) in [6.45, 7) is 5.44. The third kappa shape index (κ3) is 7.63. The number of carbonyl (C=O) groups is 2. The van der Waals surface area contributed by atoms with E-state index in [0.29, 0.717) is 60.4 Å². The van der Waals surface area contributed by atoms with Gasteiger partial charge in [0.1, 0.15) is 11.4 Å². The topological polar surface area (TPSA) is 129 Å². The van der Waals surface area contributed by atoms with Crippen LogP contribution in [0.2, 0.25) is 5.02 Å². The maximum absolute atomic E-state index is 13.2. The molecule has 0 aliphatic carbocycles. The number of hydrogen-bond acceptors (Lipinski definition) is 8.